The summed E-state index contributed by atoms with van der Waals surface area (Å²) in [6, 6.07) is 18.4. The van der Waals surface area contributed by atoms with Crippen molar-refractivity contribution >= 4 is 46.2 Å². The predicted octanol–water partition coefficient (Wildman–Crippen LogP) is 3.79. The standard InChI is InChI=1S/C19H14N2O2S2/c22-17(15-11-5-2-6-12-15)20-21-18(23)16(25-19(21)24)13-7-10-14-8-3-1-4-9-14/h1-13H,(H,20,22). The summed E-state index contributed by atoms with van der Waals surface area (Å²) in [6.45, 7) is 0. The van der Waals surface area contributed by atoms with Gasteiger partial charge in [-0.25, -0.2) is 0 Å². The van der Waals surface area contributed by atoms with Crippen molar-refractivity contribution in [3.05, 3.63) is 88.8 Å². The highest BCUT2D eigenvalue weighted by molar-refractivity contribution is 8.26. The van der Waals surface area contributed by atoms with Gasteiger partial charge in [0.25, 0.3) is 11.8 Å². The number of hydrogen-bond donors (Lipinski definition) is 1. The number of thiocarbonyl (C=S) groups is 1. The zero-order chi connectivity index (χ0) is 17.6. The molecule has 1 saturated heterocycles. The van der Waals surface area contributed by atoms with Crippen molar-refractivity contribution in [1.82, 2.24) is 10.4 Å². The molecule has 0 saturated carbocycles. The van der Waals surface area contributed by atoms with E-state index in [4.69, 9.17) is 12.2 Å². The number of benzene rings is 2. The van der Waals surface area contributed by atoms with Crippen LogP contribution in [0, 0.1) is 0 Å². The molecule has 2 aromatic rings. The molecule has 1 aliphatic heterocycles. The van der Waals surface area contributed by atoms with Crippen molar-refractivity contribution in [3.8, 4) is 0 Å². The fourth-order valence-corrected chi connectivity index (χ4v) is 3.28. The first-order valence-corrected chi connectivity index (χ1v) is 8.73. The molecule has 1 fully saturated rings. The van der Waals surface area contributed by atoms with Crippen LogP contribution in [0.1, 0.15) is 15.9 Å². The second-order valence-corrected chi connectivity index (χ2v) is 6.79. The molecule has 3 rings (SSSR count). The average Bonchev–Trinajstić information content (AvgIpc) is 2.91. The molecule has 25 heavy (non-hydrogen) atoms. The van der Waals surface area contributed by atoms with E-state index in [9.17, 15) is 9.59 Å². The van der Waals surface area contributed by atoms with Gasteiger partial charge in [0.05, 0.1) is 4.91 Å². The number of thioether (sulfide) groups is 1. The first kappa shape index (κ1) is 17.1. The van der Waals surface area contributed by atoms with E-state index < -0.39 is 0 Å². The lowest BCUT2D eigenvalue weighted by Crippen LogP contribution is -2.44. The molecule has 2 aromatic carbocycles. The Labute approximate surface area is 155 Å². The minimum atomic E-state index is -0.377. The fraction of sp³-hybridized carbons (Fsp3) is 0. The van der Waals surface area contributed by atoms with E-state index in [1.807, 2.05) is 42.5 Å². The Bertz CT molecular complexity index is 862. The molecule has 0 aromatic heterocycles. The lowest BCUT2D eigenvalue weighted by molar-refractivity contribution is -0.123. The van der Waals surface area contributed by atoms with Crippen molar-refractivity contribution in [3.63, 3.8) is 0 Å². The minimum absolute atomic E-state index is 0.300. The number of hydrogen-bond acceptors (Lipinski definition) is 4. The summed E-state index contributed by atoms with van der Waals surface area (Å²) < 4.78 is 0.300. The summed E-state index contributed by atoms with van der Waals surface area (Å²) in [5.41, 5.74) is 4.05. The van der Waals surface area contributed by atoms with Crippen LogP contribution in [0.3, 0.4) is 0 Å². The molecule has 0 bridgehead atoms. The van der Waals surface area contributed by atoms with E-state index >= 15 is 0 Å². The van der Waals surface area contributed by atoms with E-state index in [1.54, 1.807) is 36.4 Å². The van der Waals surface area contributed by atoms with Crippen LogP contribution in [0.4, 0.5) is 0 Å². The fourth-order valence-electron chi connectivity index (χ4n) is 2.14. The highest BCUT2D eigenvalue weighted by Gasteiger charge is 2.33. The van der Waals surface area contributed by atoms with Gasteiger partial charge in [-0.2, -0.15) is 5.01 Å². The van der Waals surface area contributed by atoms with Crippen molar-refractivity contribution in [2.75, 3.05) is 0 Å². The third-order valence-electron chi connectivity index (χ3n) is 3.38. The van der Waals surface area contributed by atoms with Crippen molar-refractivity contribution in [1.29, 1.82) is 0 Å². The summed E-state index contributed by atoms with van der Waals surface area (Å²) in [4.78, 5) is 25.1. The number of hydrazine groups is 1. The molecule has 6 heteroatoms. The molecule has 0 aliphatic carbocycles. The van der Waals surface area contributed by atoms with Crippen LogP contribution in [0.5, 0.6) is 0 Å². The van der Waals surface area contributed by atoms with Crippen LogP contribution in [0.2, 0.25) is 0 Å². The zero-order valence-electron chi connectivity index (χ0n) is 13.1. The topological polar surface area (TPSA) is 49.4 Å². The van der Waals surface area contributed by atoms with Gasteiger partial charge >= 0.3 is 0 Å². The monoisotopic (exact) mass is 366 g/mol. The third kappa shape index (κ3) is 4.23. The first-order valence-electron chi connectivity index (χ1n) is 7.51. The largest absolute Gasteiger partial charge is 0.285 e. The van der Waals surface area contributed by atoms with E-state index in [0.717, 1.165) is 22.3 Å². The molecule has 0 unspecified atom stereocenters. The average molecular weight is 366 g/mol. The quantitative estimate of drug-likeness (QED) is 0.661. The summed E-state index contributed by atoms with van der Waals surface area (Å²) in [5, 5.41) is 1.11. The number of nitrogens with zero attached hydrogens (tertiary/aromatic N) is 1. The van der Waals surface area contributed by atoms with Gasteiger partial charge in [0.2, 0.25) is 0 Å². The Hall–Kier alpha value is -2.70. The number of carbonyl (C=O) groups is 2. The number of nitrogens with one attached hydrogen (secondary N) is 1. The molecule has 0 atom stereocenters. The predicted molar refractivity (Wildman–Crippen MR) is 105 cm³/mol. The smallest absolute Gasteiger partial charge is 0.267 e. The highest BCUT2D eigenvalue weighted by atomic mass is 32.2. The third-order valence-corrected chi connectivity index (χ3v) is 4.70. The molecule has 0 spiro atoms. The van der Waals surface area contributed by atoms with E-state index in [1.165, 1.54) is 0 Å². The SMILES string of the molecule is O=C(NN1C(=O)C(=CC=Cc2ccccc2)SC1=S)c1ccccc1. The van der Waals surface area contributed by atoms with E-state index in [2.05, 4.69) is 5.43 Å². The van der Waals surface area contributed by atoms with Gasteiger partial charge in [-0.1, -0.05) is 72.4 Å². The van der Waals surface area contributed by atoms with Crippen LogP contribution < -0.4 is 5.43 Å². The molecule has 124 valence electrons. The van der Waals surface area contributed by atoms with Gasteiger partial charge < -0.3 is 0 Å². The van der Waals surface area contributed by atoms with Gasteiger partial charge in [-0.3, -0.25) is 15.0 Å². The maximum absolute atomic E-state index is 12.4. The molecule has 1 heterocycles. The molecule has 1 N–H and O–H groups in total. The first-order chi connectivity index (χ1) is 12.1. The second kappa shape index (κ2) is 7.92. The summed E-state index contributed by atoms with van der Waals surface area (Å²) >= 11 is 6.35. The van der Waals surface area contributed by atoms with E-state index in [-0.39, 0.29) is 11.8 Å². The van der Waals surface area contributed by atoms with Crippen LogP contribution in [0.15, 0.2) is 77.7 Å². The molecule has 4 nitrogen and oxygen atoms in total. The number of amides is 2. The van der Waals surface area contributed by atoms with Crippen LogP contribution in [-0.2, 0) is 4.79 Å². The lowest BCUT2D eigenvalue weighted by Gasteiger charge is -2.15. The van der Waals surface area contributed by atoms with Crippen molar-refractivity contribution in [2.45, 2.75) is 0 Å². The number of carbonyl (C=O) groups excluding carboxylic acids is 2. The van der Waals surface area contributed by atoms with Gasteiger partial charge in [0.1, 0.15) is 0 Å². The van der Waals surface area contributed by atoms with Crippen LogP contribution >= 0.6 is 24.0 Å². The Kier molecular flexibility index (Phi) is 5.42. The molecule has 0 radical (unpaired) electrons. The van der Waals surface area contributed by atoms with Gasteiger partial charge in [0, 0.05) is 5.56 Å². The van der Waals surface area contributed by atoms with Crippen LogP contribution in [-0.4, -0.2) is 21.1 Å². The number of allylic oxidation sites excluding steroid dienone is 2. The minimum Gasteiger partial charge on any atom is -0.267 e. The summed E-state index contributed by atoms with van der Waals surface area (Å²) in [6.07, 6.45) is 5.39. The van der Waals surface area contributed by atoms with Crippen LogP contribution in [0.25, 0.3) is 6.08 Å². The maximum Gasteiger partial charge on any atom is 0.285 e. The Balaban J connectivity index is 1.69. The van der Waals surface area contributed by atoms with Crippen molar-refractivity contribution < 1.29 is 9.59 Å². The number of rotatable bonds is 4. The molecular formula is C19H14N2O2S2. The van der Waals surface area contributed by atoms with Crippen molar-refractivity contribution in [2.24, 2.45) is 0 Å². The molecule has 1 aliphatic rings. The Morgan fingerprint density at radius 2 is 1.68 bits per heavy atom. The van der Waals surface area contributed by atoms with E-state index in [0.29, 0.717) is 14.8 Å². The second-order valence-electron chi connectivity index (χ2n) is 5.12. The Morgan fingerprint density at radius 3 is 2.36 bits per heavy atom. The maximum atomic E-state index is 12.4. The Morgan fingerprint density at radius 1 is 1.04 bits per heavy atom. The van der Waals surface area contributed by atoms with Gasteiger partial charge in [-0.15, -0.1) is 0 Å². The normalized spacial score (nSPS) is 16.0. The summed E-state index contributed by atoms with van der Waals surface area (Å²) in [7, 11) is 0. The van der Waals surface area contributed by atoms with Gasteiger partial charge in [-0.05, 0) is 36.0 Å². The zero-order valence-corrected chi connectivity index (χ0v) is 14.7. The molecule has 2 amide bonds. The lowest BCUT2D eigenvalue weighted by atomic mass is 10.2. The van der Waals surface area contributed by atoms with Gasteiger partial charge in [0.15, 0.2) is 4.32 Å². The summed E-state index contributed by atoms with van der Waals surface area (Å²) in [5.74, 6) is -0.713. The highest BCUT2D eigenvalue weighted by Crippen LogP contribution is 2.29. The molecular weight excluding hydrogens is 352 g/mol.